The molecule has 0 saturated heterocycles. The quantitative estimate of drug-likeness (QED) is 0.645. The first kappa shape index (κ1) is 8.34. The summed E-state index contributed by atoms with van der Waals surface area (Å²) in [5, 5.41) is 0. The molecule has 2 aliphatic carbocycles. The van der Waals surface area contributed by atoms with E-state index in [4.69, 9.17) is 4.42 Å². The fraction of sp³-hybridized carbons (Fsp3) is 0.538. The Labute approximate surface area is 84.8 Å². The molecular formula is C13H16O. The molecule has 1 spiro atoms. The standard InChI is InChI=1S/C13H16O/c1-3-10-4-5-12(14-10)11-8-13(11)6-9(2)7-13/h4-5,11H,2-3,6-8H2,1H3. The van der Waals surface area contributed by atoms with Crippen molar-refractivity contribution in [2.45, 2.75) is 38.5 Å². The van der Waals surface area contributed by atoms with Crippen LogP contribution in [0.5, 0.6) is 0 Å². The van der Waals surface area contributed by atoms with Gasteiger partial charge in [-0.25, -0.2) is 0 Å². The summed E-state index contributed by atoms with van der Waals surface area (Å²) >= 11 is 0. The minimum absolute atomic E-state index is 0.583. The number of allylic oxidation sites excluding steroid dienone is 1. The van der Waals surface area contributed by atoms with Gasteiger partial charge in [-0.3, -0.25) is 0 Å². The van der Waals surface area contributed by atoms with Crippen molar-refractivity contribution in [2.24, 2.45) is 5.41 Å². The number of hydrogen-bond acceptors (Lipinski definition) is 1. The first-order chi connectivity index (χ1) is 6.73. The summed E-state index contributed by atoms with van der Waals surface area (Å²) in [6, 6.07) is 4.29. The van der Waals surface area contributed by atoms with Crippen molar-refractivity contribution in [3.63, 3.8) is 0 Å². The van der Waals surface area contributed by atoms with Crippen molar-refractivity contribution in [1.29, 1.82) is 0 Å². The van der Waals surface area contributed by atoms with E-state index < -0.39 is 0 Å². The van der Waals surface area contributed by atoms with Crippen molar-refractivity contribution in [2.75, 3.05) is 0 Å². The summed E-state index contributed by atoms with van der Waals surface area (Å²) in [6.07, 6.45) is 4.80. The van der Waals surface area contributed by atoms with Crippen LogP contribution in [-0.4, -0.2) is 0 Å². The van der Waals surface area contributed by atoms with Crippen LogP contribution >= 0.6 is 0 Å². The van der Waals surface area contributed by atoms with Gasteiger partial charge >= 0.3 is 0 Å². The molecular weight excluding hydrogens is 172 g/mol. The summed E-state index contributed by atoms with van der Waals surface area (Å²) in [4.78, 5) is 0. The third-order valence-electron chi connectivity index (χ3n) is 3.77. The van der Waals surface area contributed by atoms with Gasteiger partial charge in [-0.05, 0) is 36.8 Å². The molecule has 1 atom stereocenters. The Kier molecular flexibility index (Phi) is 1.51. The Morgan fingerprint density at radius 2 is 2.29 bits per heavy atom. The maximum absolute atomic E-state index is 5.79. The topological polar surface area (TPSA) is 13.1 Å². The van der Waals surface area contributed by atoms with E-state index in [9.17, 15) is 0 Å². The summed E-state index contributed by atoms with van der Waals surface area (Å²) in [7, 11) is 0. The van der Waals surface area contributed by atoms with E-state index in [0.29, 0.717) is 11.3 Å². The average Bonchev–Trinajstić information content (AvgIpc) is 2.68. The summed E-state index contributed by atoms with van der Waals surface area (Å²) in [5.74, 6) is 3.04. The van der Waals surface area contributed by atoms with Crippen molar-refractivity contribution in [1.82, 2.24) is 0 Å². The van der Waals surface area contributed by atoms with Gasteiger partial charge in [0.25, 0.3) is 0 Å². The molecule has 0 aliphatic heterocycles. The fourth-order valence-corrected chi connectivity index (χ4v) is 2.86. The first-order valence-electron chi connectivity index (χ1n) is 5.49. The number of aryl methyl sites for hydroxylation is 1. The molecule has 1 heterocycles. The van der Waals surface area contributed by atoms with E-state index in [0.717, 1.165) is 12.2 Å². The molecule has 0 N–H and O–H groups in total. The lowest BCUT2D eigenvalue weighted by molar-refractivity contribution is 0.356. The van der Waals surface area contributed by atoms with Gasteiger partial charge in [0.1, 0.15) is 11.5 Å². The molecule has 1 nitrogen and oxygen atoms in total. The summed E-state index contributed by atoms with van der Waals surface area (Å²) in [6.45, 7) is 6.15. The highest BCUT2D eigenvalue weighted by Gasteiger charge is 2.60. The molecule has 0 radical (unpaired) electrons. The Hall–Kier alpha value is -0.980. The van der Waals surface area contributed by atoms with E-state index in [-0.39, 0.29) is 0 Å². The molecule has 1 aromatic heterocycles. The Bertz CT molecular complexity index is 378. The highest BCUT2D eigenvalue weighted by Crippen LogP contribution is 2.71. The van der Waals surface area contributed by atoms with Crippen LogP contribution in [0.2, 0.25) is 0 Å². The second-order valence-electron chi connectivity index (χ2n) is 4.88. The van der Waals surface area contributed by atoms with Gasteiger partial charge in [-0.2, -0.15) is 0 Å². The van der Waals surface area contributed by atoms with Gasteiger partial charge < -0.3 is 4.42 Å². The van der Waals surface area contributed by atoms with E-state index >= 15 is 0 Å². The van der Waals surface area contributed by atoms with Crippen LogP contribution in [0.1, 0.15) is 43.6 Å². The Morgan fingerprint density at radius 1 is 1.50 bits per heavy atom. The zero-order valence-electron chi connectivity index (χ0n) is 8.68. The zero-order valence-corrected chi connectivity index (χ0v) is 8.68. The predicted octanol–water partition coefficient (Wildman–Crippen LogP) is 3.67. The van der Waals surface area contributed by atoms with E-state index in [1.165, 1.54) is 30.6 Å². The monoisotopic (exact) mass is 188 g/mol. The molecule has 2 aliphatic rings. The number of rotatable bonds is 2. The van der Waals surface area contributed by atoms with Crippen LogP contribution in [0.4, 0.5) is 0 Å². The zero-order chi connectivity index (χ0) is 9.76. The SMILES string of the molecule is C=C1CC2(C1)CC2c1ccc(CC)o1. The molecule has 2 saturated carbocycles. The van der Waals surface area contributed by atoms with Crippen molar-refractivity contribution >= 4 is 0 Å². The van der Waals surface area contributed by atoms with Crippen molar-refractivity contribution in [3.05, 3.63) is 35.8 Å². The number of furan rings is 1. The van der Waals surface area contributed by atoms with Crippen LogP contribution < -0.4 is 0 Å². The fourth-order valence-electron chi connectivity index (χ4n) is 2.86. The second-order valence-corrected chi connectivity index (χ2v) is 4.88. The van der Waals surface area contributed by atoms with Gasteiger partial charge in [-0.1, -0.05) is 19.1 Å². The highest BCUT2D eigenvalue weighted by molar-refractivity contribution is 5.33. The number of hydrogen-bond donors (Lipinski definition) is 0. The molecule has 0 aromatic carbocycles. The maximum atomic E-state index is 5.79. The van der Waals surface area contributed by atoms with Crippen LogP contribution in [-0.2, 0) is 6.42 Å². The maximum Gasteiger partial charge on any atom is 0.107 e. The van der Waals surface area contributed by atoms with Gasteiger partial charge in [-0.15, -0.1) is 0 Å². The first-order valence-corrected chi connectivity index (χ1v) is 5.49. The lowest BCUT2D eigenvalue weighted by atomic mass is 9.76. The molecule has 1 unspecified atom stereocenters. The lowest BCUT2D eigenvalue weighted by Gasteiger charge is -2.29. The van der Waals surface area contributed by atoms with Gasteiger partial charge in [0.2, 0.25) is 0 Å². The molecule has 74 valence electrons. The van der Waals surface area contributed by atoms with Crippen LogP contribution in [0.25, 0.3) is 0 Å². The summed E-state index contributed by atoms with van der Waals surface area (Å²) < 4.78 is 5.79. The lowest BCUT2D eigenvalue weighted by Crippen LogP contribution is -2.16. The average molecular weight is 188 g/mol. The third kappa shape index (κ3) is 1.01. The third-order valence-corrected chi connectivity index (χ3v) is 3.77. The van der Waals surface area contributed by atoms with Crippen molar-refractivity contribution in [3.8, 4) is 0 Å². The Morgan fingerprint density at radius 3 is 2.86 bits per heavy atom. The molecule has 14 heavy (non-hydrogen) atoms. The van der Waals surface area contributed by atoms with Crippen LogP contribution in [0.3, 0.4) is 0 Å². The molecule has 0 amide bonds. The summed E-state index contributed by atoms with van der Waals surface area (Å²) in [5.41, 5.74) is 2.01. The van der Waals surface area contributed by atoms with Gasteiger partial charge in [0, 0.05) is 12.3 Å². The van der Waals surface area contributed by atoms with E-state index in [1.807, 2.05) is 0 Å². The van der Waals surface area contributed by atoms with Crippen molar-refractivity contribution < 1.29 is 4.42 Å². The largest absolute Gasteiger partial charge is 0.466 e. The second kappa shape index (κ2) is 2.53. The molecule has 1 aromatic rings. The molecule has 0 bridgehead atoms. The van der Waals surface area contributed by atoms with E-state index in [1.54, 1.807) is 0 Å². The Balaban J connectivity index is 1.76. The van der Waals surface area contributed by atoms with E-state index in [2.05, 4.69) is 25.6 Å². The van der Waals surface area contributed by atoms with Crippen LogP contribution in [0, 0.1) is 5.41 Å². The predicted molar refractivity (Wildman–Crippen MR) is 56.3 cm³/mol. The smallest absolute Gasteiger partial charge is 0.107 e. The normalized spacial score (nSPS) is 27.8. The minimum atomic E-state index is 0.583. The molecule has 2 fully saturated rings. The highest BCUT2D eigenvalue weighted by atomic mass is 16.3. The van der Waals surface area contributed by atoms with Crippen LogP contribution in [0.15, 0.2) is 28.7 Å². The molecule has 1 heteroatoms. The van der Waals surface area contributed by atoms with Gasteiger partial charge in [0.05, 0.1) is 0 Å². The molecule has 3 rings (SSSR count). The minimum Gasteiger partial charge on any atom is -0.466 e. The van der Waals surface area contributed by atoms with Gasteiger partial charge in [0.15, 0.2) is 0 Å².